The molecule has 0 N–H and O–H groups in total. The van der Waals surface area contributed by atoms with Crippen molar-refractivity contribution in [2.24, 2.45) is 0 Å². The smallest absolute Gasteiger partial charge is 0.379 e. The molecule has 0 heterocycles. The lowest BCUT2D eigenvalue weighted by Crippen LogP contribution is -2.28. The second-order valence-electron chi connectivity index (χ2n) is 5.05. The summed E-state index contributed by atoms with van der Waals surface area (Å²) in [5.41, 5.74) is -5.91. The molecule has 0 aromatic heterocycles. The van der Waals surface area contributed by atoms with E-state index in [1.807, 2.05) is 20.8 Å². The normalized spacial score (nSPS) is 13.5. The molecule has 0 unspecified atom stereocenters. The predicted molar refractivity (Wildman–Crippen MR) is 80.2 cm³/mol. The van der Waals surface area contributed by atoms with Gasteiger partial charge >= 0.3 is 15.6 Å². The second-order valence-corrected chi connectivity index (χ2v) is 7.36. The molecule has 0 amide bonds. The molecule has 0 saturated carbocycles. The fourth-order valence-electron chi connectivity index (χ4n) is 1.12. The fourth-order valence-corrected chi connectivity index (χ4v) is 2.26. The summed E-state index contributed by atoms with van der Waals surface area (Å²) in [5, 5.41) is 0. The number of hydrogen-bond donors (Lipinski definition) is 0. The molecule has 6 nitrogen and oxygen atoms in total. The van der Waals surface area contributed by atoms with Gasteiger partial charge in [0.05, 0.1) is 25.4 Å². The zero-order valence-corrected chi connectivity index (χ0v) is 15.0. The summed E-state index contributed by atoms with van der Waals surface area (Å²) in [6.45, 7) is 5.54. The molecule has 140 valence electrons. The Labute approximate surface area is 139 Å². The first-order chi connectivity index (χ1) is 10.5. The highest BCUT2D eigenvalue weighted by Gasteiger charge is 2.47. The van der Waals surface area contributed by atoms with Crippen LogP contribution in [0.4, 0.5) is 13.2 Å². The van der Waals surface area contributed by atoms with E-state index in [2.05, 4.69) is 4.18 Å². The summed E-state index contributed by atoms with van der Waals surface area (Å²) in [6, 6.07) is 0. The van der Waals surface area contributed by atoms with Crippen LogP contribution in [-0.2, 0) is 28.0 Å². The van der Waals surface area contributed by atoms with Gasteiger partial charge in [0.1, 0.15) is 5.94 Å². The van der Waals surface area contributed by atoms with Crippen molar-refractivity contribution in [3.05, 3.63) is 0 Å². The highest BCUT2D eigenvalue weighted by atomic mass is 32.2. The Morgan fingerprint density at radius 1 is 1.04 bits per heavy atom. The van der Waals surface area contributed by atoms with Crippen LogP contribution < -0.4 is 0 Å². The van der Waals surface area contributed by atoms with Gasteiger partial charge in [-0.15, -0.1) is 0 Å². The molecule has 0 spiro atoms. The zero-order valence-electron chi connectivity index (χ0n) is 13.3. The maximum Gasteiger partial charge on any atom is 0.523 e. The summed E-state index contributed by atoms with van der Waals surface area (Å²) in [7, 11) is -5.55. The average Bonchev–Trinajstić information content (AvgIpc) is 2.41. The molecule has 0 saturated heterocycles. The Morgan fingerprint density at radius 3 is 2.26 bits per heavy atom. The monoisotopic (exact) mass is 384 g/mol. The number of alkyl halides is 3. The van der Waals surface area contributed by atoms with Crippen molar-refractivity contribution in [3.63, 3.8) is 0 Å². The minimum atomic E-state index is -5.55. The van der Waals surface area contributed by atoms with Crippen molar-refractivity contribution in [3.8, 4) is 0 Å². The first-order valence-corrected chi connectivity index (χ1v) is 9.25. The molecule has 0 radical (unpaired) electrons. The second kappa shape index (κ2) is 10.7. The van der Waals surface area contributed by atoms with Crippen LogP contribution >= 0.6 is 12.0 Å². The maximum absolute atomic E-state index is 12.0. The number of ether oxygens (including phenoxy) is 2. The van der Waals surface area contributed by atoms with Crippen LogP contribution in [-0.4, -0.2) is 51.9 Å². The van der Waals surface area contributed by atoms with Gasteiger partial charge in [-0.2, -0.15) is 21.6 Å². The average molecular weight is 384 g/mol. The molecule has 0 rings (SSSR count). The van der Waals surface area contributed by atoms with E-state index >= 15 is 0 Å². The Morgan fingerprint density at radius 2 is 1.70 bits per heavy atom. The Hall–Kier alpha value is -0.0700. The van der Waals surface area contributed by atoms with Crippen molar-refractivity contribution in [2.45, 2.75) is 44.7 Å². The van der Waals surface area contributed by atoms with Crippen molar-refractivity contribution in [1.82, 2.24) is 0 Å². The molecule has 0 atom stereocenters. The molecule has 23 heavy (non-hydrogen) atoms. The summed E-state index contributed by atoms with van der Waals surface area (Å²) in [6.07, 6.45) is 1.39. The van der Waals surface area contributed by atoms with Crippen molar-refractivity contribution < 1.29 is 39.4 Å². The fraction of sp³-hybridized carbons (Fsp3) is 1.00. The van der Waals surface area contributed by atoms with Gasteiger partial charge in [-0.3, -0.25) is 4.18 Å². The number of hydrogen-bond acceptors (Lipinski definition) is 7. The lowest BCUT2D eigenvalue weighted by atomic mass is 10.1. The van der Waals surface area contributed by atoms with E-state index < -0.39 is 27.8 Å². The lowest BCUT2D eigenvalue weighted by molar-refractivity contribution is -0.0563. The summed E-state index contributed by atoms with van der Waals surface area (Å²) < 4.78 is 76.7. The highest BCUT2D eigenvalue weighted by molar-refractivity contribution is 7.94. The van der Waals surface area contributed by atoms with E-state index in [-0.39, 0.29) is 13.2 Å². The molecule has 0 aliphatic heterocycles. The van der Waals surface area contributed by atoms with Gasteiger partial charge in [0.25, 0.3) is 0 Å². The van der Waals surface area contributed by atoms with E-state index in [9.17, 15) is 21.6 Å². The van der Waals surface area contributed by atoms with Crippen molar-refractivity contribution in [2.75, 3.05) is 32.4 Å². The highest BCUT2D eigenvalue weighted by Crippen LogP contribution is 2.24. The molecule has 0 aliphatic carbocycles. The standard InChI is InChI=1S/C12H23F3O6S2/c1-4-6-20-22-10-19-11(2,3)5-7-18-8-9-21-23(16,17)12(13,14)15/h4-10H2,1-3H3. The van der Waals surface area contributed by atoms with Gasteiger partial charge in [0.15, 0.2) is 0 Å². The molecule has 0 fully saturated rings. The van der Waals surface area contributed by atoms with E-state index in [0.29, 0.717) is 19.0 Å². The van der Waals surface area contributed by atoms with E-state index in [1.165, 1.54) is 12.0 Å². The van der Waals surface area contributed by atoms with Gasteiger partial charge in [0, 0.05) is 18.6 Å². The van der Waals surface area contributed by atoms with Gasteiger partial charge in [-0.1, -0.05) is 6.92 Å². The zero-order chi connectivity index (χ0) is 18.0. The predicted octanol–water partition coefficient (Wildman–Crippen LogP) is 3.09. The molecule has 0 bridgehead atoms. The third-order valence-corrected chi connectivity index (χ3v) is 4.06. The van der Waals surface area contributed by atoms with Crippen LogP contribution in [0.1, 0.15) is 33.6 Å². The Balaban J connectivity index is 3.74. The SMILES string of the molecule is CCCOSCOC(C)(C)CCOCCOS(=O)(=O)C(F)(F)F. The molecule has 0 aromatic carbocycles. The third-order valence-electron chi connectivity index (χ3n) is 2.47. The topological polar surface area (TPSA) is 71.1 Å². The minimum Gasteiger partial charge on any atom is -0.379 e. The van der Waals surface area contributed by atoms with Crippen LogP contribution in [0.25, 0.3) is 0 Å². The Kier molecular flexibility index (Phi) is 10.7. The van der Waals surface area contributed by atoms with Crippen molar-refractivity contribution >= 4 is 22.2 Å². The Bertz CT molecular complexity index is 412. The van der Waals surface area contributed by atoms with Gasteiger partial charge in [0.2, 0.25) is 0 Å². The molecular weight excluding hydrogens is 361 g/mol. The van der Waals surface area contributed by atoms with Gasteiger partial charge in [-0.05, 0) is 26.7 Å². The van der Waals surface area contributed by atoms with E-state index in [0.717, 1.165) is 6.42 Å². The van der Waals surface area contributed by atoms with E-state index in [4.69, 9.17) is 13.7 Å². The number of halogens is 3. The first kappa shape index (κ1) is 22.9. The van der Waals surface area contributed by atoms with Crippen molar-refractivity contribution in [1.29, 1.82) is 0 Å². The number of rotatable bonds is 13. The van der Waals surface area contributed by atoms with Crippen LogP contribution in [0, 0.1) is 0 Å². The molecular formula is C12H23F3O6S2. The van der Waals surface area contributed by atoms with Gasteiger partial charge < -0.3 is 13.7 Å². The third kappa shape index (κ3) is 11.2. The summed E-state index contributed by atoms with van der Waals surface area (Å²) in [4.78, 5) is 0. The first-order valence-electron chi connectivity index (χ1n) is 6.93. The van der Waals surface area contributed by atoms with Crippen LogP contribution in [0.15, 0.2) is 0 Å². The van der Waals surface area contributed by atoms with Gasteiger partial charge in [-0.25, -0.2) is 0 Å². The quantitative estimate of drug-likeness (QED) is 0.159. The minimum absolute atomic E-state index is 0.197. The summed E-state index contributed by atoms with van der Waals surface area (Å²) >= 11 is 1.20. The van der Waals surface area contributed by atoms with Crippen LogP contribution in [0.5, 0.6) is 0 Å². The lowest BCUT2D eigenvalue weighted by Gasteiger charge is -2.24. The largest absolute Gasteiger partial charge is 0.523 e. The van der Waals surface area contributed by atoms with E-state index in [1.54, 1.807) is 0 Å². The molecule has 11 heteroatoms. The maximum atomic E-state index is 12.0. The molecule has 0 aliphatic rings. The summed E-state index contributed by atoms with van der Waals surface area (Å²) in [5.74, 6) is 0.347. The van der Waals surface area contributed by atoms with Crippen LogP contribution in [0.3, 0.4) is 0 Å². The van der Waals surface area contributed by atoms with Crippen LogP contribution in [0.2, 0.25) is 0 Å². The molecule has 0 aromatic rings.